The van der Waals surface area contributed by atoms with Crippen molar-refractivity contribution in [3.8, 4) is 0 Å². The van der Waals surface area contributed by atoms with E-state index < -0.39 is 44.7 Å². The minimum Gasteiger partial charge on any atom is -0.478 e. The highest BCUT2D eigenvalue weighted by Crippen LogP contribution is 2.33. The highest BCUT2D eigenvalue weighted by Gasteiger charge is 2.38. The summed E-state index contributed by atoms with van der Waals surface area (Å²) >= 11 is 0. The number of piperidine rings is 1. The highest BCUT2D eigenvalue weighted by molar-refractivity contribution is 7.92. The van der Waals surface area contributed by atoms with Gasteiger partial charge in [0.1, 0.15) is 0 Å². The van der Waals surface area contributed by atoms with E-state index in [4.69, 9.17) is 9.90 Å². The Balaban J connectivity index is 0.000000587. The van der Waals surface area contributed by atoms with Crippen LogP contribution < -0.4 is 9.62 Å². The van der Waals surface area contributed by atoms with E-state index in [1.54, 1.807) is 6.07 Å². The number of halogens is 5. The van der Waals surface area contributed by atoms with Gasteiger partial charge in [0.15, 0.2) is 11.6 Å². The summed E-state index contributed by atoms with van der Waals surface area (Å²) in [7, 11) is -4.28. The molecule has 1 aliphatic rings. The number of nitrogens with one attached hydrogen (secondary N) is 1. The number of hydrogen-bond acceptors (Lipinski definition) is 5. The van der Waals surface area contributed by atoms with E-state index in [0.717, 1.165) is 31.4 Å². The third kappa shape index (κ3) is 8.64. The Morgan fingerprint density at radius 1 is 0.902 bits per heavy atom. The van der Waals surface area contributed by atoms with Crippen LogP contribution in [0.25, 0.3) is 0 Å². The van der Waals surface area contributed by atoms with Crippen molar-refractivity contribution in [3.05, 3.63) is 89.5 Å². The van der Waals surface area contributed by atoms with E-state index in [9.17, 15) is 40.3 Å². The first-order valence-corrected chi connectivity index (χ1v) is 13.6. The fourth-order valence-corrected chi connectivity index (χ4v) is 5.28. The first-order chi connectivity index (χ1) is 19.2. The zero-order valence-corrected chi connectivity index (χ0v) is 22.1. The number of carboxylic acid groups (broad SMARTS) is 2. The Kier molecular flexibility index (Phi) is 9.92. The molecule has 3 N–H and O–H groups in total. The average molecular weight is 601 g/mol. The molecule has 1 heterocycles. The summed E-state index contributed by atoms with van der Waals surface area (Å²) in [4.78, 5) is 21.9. The molecule has 0 atom stereocenters. The third-order valence-corrected chi connectivity index (χ3v) is 7.62. The molecule has 14 heteroatoms. The van der Waals surface area contributed by atoms with Crippen LogP contribution in [0.5, 0.6) is 0 Å². The lowest BCUT2D eigenvalue weighted by Gasteiger charge is -2.35. The van der Waals surface area contributed by atoms with Gasteiger partial charge in [-0.3, -0.25) is 4.72 Å². The molecule has 0 unspecified atom stereocenters. The maximum Gasteiger partial charge on any atom is 0.490 e. The van der Waals surface area contributed by atoms with E-state index in [1.807, 2.05) is 23.1 Å². The van der Waals surface area contributed by atoms with Crippen molar-refractivity contribution >= 4 is 33.3 Å². The Hall–Kier alpha value is -4.20. The number of benzene rings is 3. The van der Waals surface area contributed by atoms with Crippen molar-refractivity contribution in [1.29, 1.82) is 0 Å². The van der Waals surface area contributed by atoms with Crippen molar-refractivity contribution in [3.63, 3.8) is 0 Å². The monoisotopic (exact) mass is 600 g/mol. The second kappa shape index (κ2) is 13.0. The summed E-state index contributed by atoms with van der Waals surface area (Å²) < 4.78 is 86.7. The number of aliphatic carboxylic acids is 1. The van der Waals surface area contributed by atoms with Crippen LogP contribution in [0.1, 0.15) is 28.8 Å². The minimum absolute atomic E-state index is 0.0751. The smallest absolute Gasteiger partial charge is 0.478 e. The molecule has 3 aromatic rings. The topological polar surface area (TPSA) is 124 Å². The quantitative estimate of drug-likeness (QED) is 0.304. The lowest BCUT2D eigenvalue weighted by atomic mass is 9.90. The number of aromatic carboxylic acids is 1. The predicted octanol–water partition coefficient (Wildman–Crippen LogP) is 5.56. The molecule has 1 aliphatic heterocycles. The van der Waals surface area contributed by atoms with Crippen LogP contribution in [0.2, 0.25) is 0 Å². The van der Waals surface area contributed by atoms with Crippen LogP contribution in [-0.4, -0.2) is 49.8 Å². The largest absolute Gasteiger partial charge is 0.490 e. The SMILES string of the molecule is O=C(O)C(F)(F)F.O=C(O)c1ccc(N2CCC(Cc3ccccc3)CC2)c(NS(=O)(=O)c2ccc(F)c(F)c2)c1. The number of rotatable bonds is 7. The Morgan fingerprint density at radius 2 is 1.51 bits per heavy atom. The molecule has 4 rings (SSSR count). The fourth-order valence-electron chi connectivity index (χ4n) is 4.20. The number of carboxylic acids is 2. The summed E-state index contributed by atoms with van der Waals surface area (Å²) in [5.74, 6) is -5.93. The van der Waals surface area contributed by atoms with Gasteiger partial charge in [-0.2, -0.15) is 13.2 Å². The van der Waals surface area contributed by atoms with Crippen molar-refractivity contribution in [2.45, 2.75) is 30.3 Å². The minimum atomic E-state index is -5.08. The van der Waals surface area contributed by atoms with Gasteiger partial charge in [-0.25, -0.2) is 26.8 Å². The van der Waals surface area contributed by atoms with Gasteiger partial charge in [0.25, 0.3) is 10.0 Å². The van der Waals surface area contributed by atoms with Crippen molar-refractivity contribution < 1.29 is 50.2 Å². The summed E-state index contributed by atoms with van der Waals surface area (Å²) in [6.45, 7) is 1.34. The first-order valence-electron chi connectivity index (χ1n) is 12.1. The van der Waals surface area contributed by atoms with Crippen LogP contribution in [0.15, 0.2) is 71.6 Å². The highest BCUT2D eigenvalue weighted by atomic mass is 32.2. The normalized spacial score (nSPS) is 14.1. The molecule has 1 fully saturated rings. The van der Waals surface area contributed by atoms with Gasteiger partial charge in [0.05, 0.1) is 21.8 Å². The Bertz CT molecular complexity index is 1490. The maximum atomic E-state index is 13.6. The van der Waals surface area contributed by atoms with Crippen molar-refractivity contribution in [1.82, 2.24) is 0 Å². The zero-order chi connectivity index (χ0) is 30.4. The van der Waals surface area contributed by atoms with Gasteiger partial charge in [-0.05, 0) is 67.1 Å². The van der Waals surface area contributed by atoms with Crippen LogP contribution in [-0.2, 0) is 21.2 Å². The van der Waals surface area contributed by atoms with E-state index in [2.05, 4.69) is 16.9 Å². The van der Waals surface area contributed by atoms with Crippen LogP contribution in [0, 0.1) is 17.6 Å². The Morgan fingerprint density at radius 3 is 2.05 bits per heavy atom. The number of carbonyl (C=O) groups is 2. The van der Waals surface area contributed by atoms with Crippen LogP contribution >= 0.6 is 0 Å². The molecule has 0 saturated carbocycles. The predicted molar refractivity (Wildman–Crippen MR) is 139 cm³/mol. The molecule has 220 valence electrons. The second-order valence-corrected chi connectivity index (χ2v) is 10.8. The van der Waals surface area contributed by atoms with Gasteiger partial charge in [-0.1, -0.05) is 30.3 Å². The van der Waals surface area contributed by atoms with Gasteiger partial charge in [0.2, 0.25) is 0 Å². The molecule has 0 aromatic heterocycles. The summed E-state index contributed by atoms with van der Waals surface area (Å²) in [6, 6.07) is 16.7. The molecule has 0 aliphatic carbocycles. The number of sulfonamides is 1. The number of nitrogens with zero attached hydrogens (tertiary/aromatic N) is 1. The van der Waals surface area contributed by atoms with Crippen LogP contribution in [0.3, 0.4) is 0 Å². The molecular weight excluding hydrogens is 575 g/mol. The summed E-state index contributed by atoms with van der Waals surface area (Å²) in [6.07, 6.45) is -2.34. The van der Waals surface area contributed by atoms with Gasteiger partial charge < -0.3 is 15.1 Å². The van der Waals surface area contributed by atoms with Gasteiger partial charge >= 0.3 is 18.1 Å². The molecule has 0 amide bonds. The molecule has 1 saturated heterocycles. The molecule has 0 radical (unpaired) electrons. The second-order valence-electron chi connectivity index (χ2n) is 9.14. The summed E-state index contributed by atoms with van der Waals surface area (Å²) in [5, 5.41) is 16.5. The number of hydrogen-bond donors (Lipinski definition) is 3. The van der Waals surface area contributed by atoms with Gasteiger partial charge in [0, 0.05) is 13.1 Å². The molecule has 3 aromatic carbocycles. The Labute approximate surface area is 232 Å². The molecule has 8 nitrogen and oxygen atoms in total. The number of alkyl halides is 3. The van der Waals surface area contributed by atoms with E-state index in [-0.39, 0.29) is 11.3 Å². The van der Waals surface area contributed by atoms with Crippen LogP contribution in [0.4, 0.5) is 33.3 Å². The standard InChI is InChI=1S/C25H24F2N2O4S.C2HF3O2/c26-21-8-7-20(16-22(21)27)34(32,33)28-23-15-19(25(30)31)6-9-24(23)29-12-10-18(11-13-29)14-17-4-2-1-3-5-17;3-2(4,5)1(6)7/h1-9,15-16,18,28H,10-14H2,(H,30,31);(H,6,7). The molecular formula is C27H25F5N2O6S. The van der Waals surface area contributed by atoms with E-state index >= 15 is 0 Å². The molecule has 41 heavy (non-hydrogen) atoms. The average Bonchev–Trinajstić information content (AvgIpc) is 2.91. The van der Waals surface area contributed by atoms with Gasteiger partial charge in [-0.15, -0.1) is 0 Å². The maximum absolute atomic E-state index is 13.6. The molecule has 0 spiro atoms. The molecule has 0 bridgehead atoms. The summed E-state index contributed by atoms with van der Waals surface area (Å²) in [5.41, 5.74) is 1.79. The lowest BCUT2D eigenvalue weighted by Crippen LogP contribution is -2.35. The van der Waals surface area contributed by atoms with E-state index in [1.165, 1.54) is 17.7 Å². The van der Waals surface area contributed by atoms with Crippen molar-refractivity contribution in [2.75, 3.05) is 22.7 Å². The first kappa shape index (κ1) is 31.3. The van der Waals surface area contributed by atoms with Crippen molar-refractivity contribution in [2.24, 2.45) is 5.92 Å². The zero-order valence-electron chi connectivity index (χ0n) is 21.2. The lowest BCUT2D eigenvalue weighted by molar-refractivity contribution is -0.192. The number of anilines is 2. The van der Waals surface area contributed by atoms with E-state index in [0.29, 0.717) is 30.8 Å². The third-order valence-electron chi connectivity index (χ3n) is 6.25. The fraction of sp³-hybridized carbons (Fsp3) is 0.259.